The molecule has 1 saturated heterocycles. The van der Waals surface area contributed by atoms with E-state index in [1.54, 1.807) is 7.11 Å². The first-order valence-corrected chi connectivity index (χ1v) is 5.17. The third-order valence-electron chi connectivity index (χ3n) is 2.62. The molecule has 1 heterocycles. The number of rotatable bonds is 3. The standard InChI is InChI=1S/C10H20N2O2.ClH/c1-8(7-14-3)10(13)12-5-4-11-6-9(12)2;/h8-9,11H,4-7H2,1-3H3;1H. The lowest BCUT2D eigenvalue weighted by Gasteiger charge is -2.35. The monoisotopic (exact) mass is 236 g/mol. The van der Waals surface area contributed by atoms with Crippen LogP contribution in [-0.4, -0.2) is 50.2 Å². The minimum atomic E-state index is -0.0273. The summed E-state index contributed by atoms with van der Waals surface area (Å²) in [6, 6.07) is 0.301. The highest BCUT2D eigenvalue weighted by molar-refractivity contribution is 5.85. The van der Waals surface area contributed by atoms with Gasteiger partial charge in [0.15, 0.2) is 0 Å². The molecular weight excluding hydrogens is 216 g/mol. The van der Waals surface area contributed by atoms with Gasteiger partial charge in [-0.05, 0) is 6.92 Å². The fourth-order valence-corrected chi connectivity index (χ4v) is 1.77. The van der Waals surface area contributed by atoms with Gasteiger partial charge in [0.25, 0.3) is 0 Å². The minimum absolute atomic E-state index is 0. The molecule has 1 aliphatic rings. The fraction of sp³-hybridized carbons (Fsp3) is 0.900. The van der Waals surface area contributed by atoms with Crippen molar-refractivity contribution in [2.75, 3.05) is 33.4 Å². The maximum atomic E-state index is 11.9. The summed E-state index contributed by atoms with van der Waals surface area (Å²) in [6.07, 6.45) is 0. The van der Waals surface area contributed by atoms with E-state index in [1.807, 2.05) is 11.8 Å². The van der Waals surface area contributed by atoms with Crippen molar-refractivity contribution >= 4 is 18.3 Å². The van der Waals surface area contributed by atoms with E-state index < -0.39 is 0 Å². The normalized spacial score (nSPS) is 23.1. The van der Waals surface area contributed by atoms with Crippen molar-refractivity contribution in [3.8, 4) is 0 Å². The van der Waals surface area contributed by atoms with Gasteiger partial charge in [-0.3, -0.25) is 4.79 Å². The van der Waals surface area contributed by atoms with Gasteiger partial charge >= 0.3 is 0 Å². The van der Waals surface area contributed by atoms with Crippen molar-refractivity contribution < 1.29 is 9.53 Å². The number of carbonyl (C=O) groups excluding carboxylic acids is 1. The Kier molecular flexibility index (Phi) is 6.89. The van der Waals surface area contributed by atoms with E-state index in [0.717, 1.165) is 19.6 Å². The number of methoxy groups -OCH3 is 1. The molecule has 0 bridgehead atoms. The topological polar surface area (TPSA) is 41.6 Å². The molecule has 1 aliphatic heterocycles. The van der Waals surface area contributed by atoms with Crippen LogP contribution in [0.25, 0.3) is 0 Å². The Morgan fingerprint density at radius 3 is 2.87 bits per heavy atom. The quantitative estimate of drug-likeness (QED) is 0.777. The van der Waals surface area contributed by atoms with Crippen LogP contribution in [0.3, 0.4) is 0 Å². The summed E-state index contributed by atoms with van der Waals surface area (Å²) in [5.41, 5.74) is 0. The molecule has 4 nitrogen and oxygen atoms in total. The molecule has 1 N–H and O–H groups in total. The van der Waals surface area contributed by atoms with Crippen LogP contribution in [0.1, 0.15) is 13.8 Å². The molecule has 0 spiro atoms. The van der Waals surface area contributed by atoms with Crippen molar-refractivity contribution in [3.05, 3.63) is 0 Å². The van der Waals surface area contributed by atoms with Crippen LogP contribution < -0.4 is 5.32 Å². The smallest absolute Gasteiger partial charge is 0.228 e. The van der Waals surface area contributed by atoms with Gasteiger partial charge in [0, 0.05) is 32.8 Å². The lowest BCUT2D eigenvalue weighted by molar-refractivity contribution is -0.139. The number of amides is 1. The Hall–Kier alpha value is -0.320. The zero-order valence-corrected chi connectivity index (χ0v) is 10.5. The molecule has 2 unspecified atom stereocenters. The van der Waals surface area contributed by atoms with E-state index >= 15 is 0 Å². The molecule has 90 valence electrons. The predicted octanol–water partition coefficient (Wildman–Crippen LogP) is 0.511. The molecule has 1 amide bonds. The number of piperazine rings is 1. The van der Waals surface area contributed by atoms with Crippen LogP contribution in [0.5, 0.6) is 0 Å². The molecule has 0 aromatic rings. The molecule has 1 fully saturated rings. The third kappa shape index (κ3) is 3.97. The zero-order valence-electron chi connectivity index (χ0n) is 9.66. The van der Waals surface area contributed by atoms with Gasteiger partial charge in [0.2, 0.25) is 5.91 Å². The first-order chi connectivity index (χ1) is 6.66. The van der Waals surface area contributed by atoms with E-state index in [0.29, 0.717) is 12.6 Å². The van der Waals surface area contributed by atoms with Crippen molar-refractivity contribution in [3.63, 3.8) is 0 Å². The maximum Gasteiger partial charge on any atom is 0.228 e. The number of hydrogen-bond acceptors (Lipinski definition) is 3. The number of hydrogen-bond donors (Lipinski definition) is 1. The first-order valence-electron chi connectivity index (χ1n) is 5.17. The van der Waals surface area contributed by atoms with Crippen LogP contribution >= 0.6 is 12.4 Å². The molecule has 0 aliphatic carbocycles. The second kappa shape index (κ2) is 7.04. The molecule has 0 radical (unpaired) electrons. The number of nitrogens with zero attached hydrogens (tertiary/aromatic N) is 1. The van der Waals surface area contributed by atoms with E-state index in [-0.39, 0.29) is 24.2 Å². The van der Waals surface area contributed by atoms with E-state index in [4.69, 9.17) is 4.74 Å². The number of halogens is 1. The fourth-order valence-electron chi connectivity index (χ4n) is 1.77. The third-order valence-corrected chi connectivity index (χ3v) is 2.62. The highest BCUT2D eigenvalue weighted by Crippen LogP contribution is 2.09. The molecule has 5 heteroatoms. The summed E-state index contributed by atoms with van der Waals surface area (Å²) in [7, 11) is 1.63. The Morgan fingerprint density at radius 1 is 1.67 bits per heavy atom. The Morgan fingerprint density at radius 2 is 2.33 bits per heavy atom. The highest BCUT2D eigenvalue weighted by atomic mass is 35.5. The second-order valence-corrected chi connectivity index (χ2v) is 3.94. The summed E-state index contributed by atoms with van der Waals surface area (Å²) in [5.74, 6) is 0.182. The van der Waals surface area contributed by atoms with Gasteiger partial charge in [0.05, 0.1) is 12.5 Å². The van der Waals surface area contributed by atoms with Gasteiger partial charge < -0.3 is 15.0 Å². The van der Waals surface area contributed by atoms with Crippen LogP contribution in [0.15, 0.2) is 0 Å². The highest BCUT2D eigenvalue weighted by Gasteiger charge is 2.26. The maximum absolute atomic E-state index is 11.9. The average Bonchev–Trinajstić information content (AvgIpc) is 2.18. The number of ether oxygens (including phenoxy) is 1. The Bertz CT molecular complexity index is 202. The van der Waals surface area contributed by atoms with Crippen LogP contribution in [0.2, 0.25) is 0 Å². The van der Waals surface area contributed by atoms with Gasteiger partial charge in [-0.15, -0.1) is 12.4 Å². The number of carbonyl (C=O) groups is 1. The summed E-state index contributed by atoms with van der Waals surface area (Å²) in [4.78, 5) is 13.9. The Labute approximate surface area is 97.8 Å². The predicted molar refractivity (Wildman–Crippen MR) is 62.3 cm³/mol. The summed E-state index contributed by atoms with van der Waals surface area (Å²) in [5, 5.41) is 3.27. The van der Waals surface area contributed by atoms with Gasteiger partial charge in [0.1, 0.15) is 0 Å². The Balaban J connectivity index is 0.00000196. The molecular formula is C10H21ClN2O2. The second-order valence-electron chi connectivity index (χ2n) is 3.94. The van der Waals surface area contributed by atoms with Gasteiger partial charge in [-0.2, -0.15) is 0 Å². The molecule has 15 heavy (non-hydrogen) atoms. The molecule has 0 aromatic heterocycles. The summed E-state index contributed by atoms with van der Waals surface area (Å²) in [6.45, 7) is 7.11. The average molecular weight is 237 g/mol. The van der Waals surface area contributed by atoms with Crippen molar-refractivity contribution in [2.45, 2.75) is 19.9 Å². The first kappa shape index (κ1) is 14.7. The van der Waals surface area contributed by atoms with Crippen LogP contribution in [0.4, 0.5) is 0 Å². The van der Waals surface area contributed by atoms with Crippen molar-refractivity contribution in [1.82, 2.24) is 10.2 Å². The molecule has 0 saturated carbocycles. The summed E-state index contributed by atoms with van der Waals surface area (Å²) < 4.78 is 4.99. The van der Waals surface area contributed by atoms with E-state index in [9.17, 15) is 4.79 Å². The molecule has 2 atom stereocenters. The van der Waals surface area contributed by atoms with E-state index in [2.05, 4.69) is 12.2 Å². The molecule has 1 rings (SSSR count). The lowest BCUT2D eigenvalue weighted by Crippen LogP contribution is -2.53. The zero-order chi connectivity index (χ0) is 10.6. The number of nitrogens with one attached hydrogen (secondary N) is 1. The van der Waals surface area contributed by atoms with Gasteiger partial charge in [-0.25, -0.2) is 0 Å². The van der Waals surface area contributed by atoms with Gasteiger partial charge in [-0.1, -0.05) is 6.92 Å². The van der Waals surface area contributed by atoms with Crippen molar-refractivity contribution in [2.24, 2.45) is 5.92 Å². The SMILES string of the molecule is COCC(C)C(=O)N1CCNCC1C.Cl. The molecule has 0 aromatic carbocycles. The summed E-state index contributed by atoms with van der Waals surface area (Å²) >= 11 is 0. The lowest BCUT2D eigenvalue weighted by atomic mass is 10.1. The van der Waals surface area contributed by atoms with E-state index in [1.165, 1.54) is 0 Å². The largest absolute Gasteiger partial charge is 0.384 e. The van der Waals surface area contributed by atoms with Crippen LogP contribution in [0, 0.1) is 5.92 Å². The van der Waals surface area contributed by atoms with Crippen LogP contribution in [-0.2, 0) is 9.53 Å². The van der Waals surface area contributed by atoms with Crippen molar-refractivity contribution in [1.29, 1.82) is 0 Å². The minimum Gasteiger partial charge on any atom is -0.384 e.